The van der Waals surface area contributed by atoms with E-state index in [2.05, 4.69) is 26.3 Å². The second kappa shape index (κ2) is 10.2. The average molecular weight is 453 g/mol. The molecule has 0 radical (unpaired) electrons. The fourth-order valence-corrected chi connectivity index (χ4v) is 5.25. The Balaban J connectivity index is 1.24. The molecule has 2 aliphatic rings. The number of halogens is 1. The summed E-state index contributed by atoms with van der Waals surface area (Å²) in [6.07, 6.45) is 6.45. The van der Waals surface area contributed by atoms with E-state index in [1.54, 1.807) is 19.4 Å². The number of ether oxygens (including phenoxy) is 2. The second-order valence-corrected chi connectivity index (χ2v) is 9.15. The lowest BCUT2D eigenvalue weighted by molar-refractivity contribution is 0.0379. The minimum absolute atomic E-state index is 0.272. The number of hydrogen-bond acceptors (Lipinski definition) is 5. The molecule has 6 nitrogen and oxygen atoms in total. The van der Waals surface area contributed by atoms with E-state index in [0.717, 1.165) is 74.4 Å². The summed E-state index contributed by atoms with van der Waals surface area (Å²) in [5.74, 6) is 0.889. The third-order valence-corrected chi connectivity index (χ3v) is 7.14. The fraction of sp³-hybridized carbons (Fsp3) is 0.500. The van der Waals surface area contributed by atoms with Gasteiger partial charge in [0.15, 0.2) is 0 Å². The van der Waals surface area contributed by atoms with Crippen molar-refractivity contribution >= 4 is 11.0 Å². The largest absolute Gasteiger partial charge is 0.496 e. The van der Waals surface area contributed by atoms with E-state index in [9.17, 15) is 4.39 Å². The van der Waals surface area contributed by atoms with Gasteiger partial charge in [-0.25, -0.2) is 9.37 Å². The summed E-state index contributed by atoms with van der Waals surface area (Å²) in [5.41, 5.74) is 3.77. The molecule has 0 spiro atoms. The van der Waals surface area contributed by atoms with Crippen LogP contribution in [0.15, 0.2) is 36.5 Å². The summed E-state index contributed by atoms with van der Waals surface area (Å²) in [4.78, 5) is 10.6. The molecule has 5 rings (SSSR count). The highest BCUT2D eigenvalue weighted by molar-refractivity contribution is 5.95. The maximum atomic E-state index is 14.0. The van der Waals surface area contributed by atoms with Gasteiger partial charge in [-0.05, 0) is 67.5 Å². The monoisotopic (exact) mass is 452 g/mol. The Bertz CT molecular complexity index is 1070. The number of pyridine rings is 1. The van der Waals surface area contributed by atoms with Crippen LogP contribution < -0.4 is 10.1 Å². The molecule has 33 heavy (non-hydrogen) atoms. The molecule has 7 heteroatoms. The summed E-state index contributed by atoms with van der Waals surface area (Å²) >= 11 is 0. The number of morpholine rings is 1. The summed E-state index contributed by atoms with van der Waals surface area (Å²) in [7, 11) is 1.62. The molecule has 3 heterocycles. The number of nitrogens with one attached hydrogen (secondary N) is 2. The summed E-state index contributed by atoms with van der Waals surface area (Å²) < 4.78 is 24.9. The maximum Gasteiger partial charge on any atom is 0.138 e. The van der Waals surface area contributed by atoms with Crippen LogP contribution in [-0.2, 0) is 4.74 Å². The first kappa shape index (κ1) is 22.3. The number of rotatable bonds is 7. The van der Waals surface area contributed by atoms with Crippen molar-refractivity contribution in [3.8, 4) is 16.9 Å². The predicted molar refractivity (Wildman–Crippen MR) is 128 cm³/mol. The molecule has 176 valence electrons. The van der Waals surface area contributed by atoms with Gasteiger partial charge >= 0.3 is 0 Å². The van der Waals surface area contributed by atoms with E-state index >= 15 is 0 Å². The van der Waals surface area contributed by atoms with Gasteiger partial charge in [0.25, 0.3) is 0 Å². The second-order valence-electron chi connectivity index (χ2n) is 9.15. The Morgan fingerprint density at radius 2 is 1.94 bits per heavy atom. The fourth-order valence-electron chi connectivity index (χ4n) is 5.25. The summed E-state index contributed by atoms with van der Waals surface area (Å²) in [6.45, 7) is 5.96. The molecule has 3 aromatic rings. The highest BCUT2D eigenvalue weighted by atomic mass is 19.1. The van der Waals surface area contributed by atoms with Gasteiger partial charge in [-0.2, -0.15) is 0 Å². The van der Waals surface area contributed by atoms with Crippen molar-refractivity contribution in [3.63, 3.8) is 0 Å². The molecule has 1 aromatic carbocycles. The third-order valence-electron chi connectivity index (χ3n) is 7.14. The van der Waals surface area contributed by atoms with Crippen molar-refractivity contribution in [2.24, 2.45) is 0 Å². The van der Waals surface area contributed by atoms with Crippen molar-refractivity contribution < 1.29 is 13.9 Å². The average Bonchev–Trinajstić information content (AvgIpc) is 3.30. The Morgan fingerprint density at radius 1 is 1.12 bits per heavy atom. The third kappa shape index (κ3) is 5.05. The number of methoxy groups -OCH3 is 1. The molecule has 0 atom stereocenters. The standard InChI is InChI=1S/C26H33FN4O2/c1-32-25-7-4-19(27)16-22(25)21-8-9-29-26-23(21)17-24(30-26)18-2-5-20(6-3-18)28-10-11-31-12-14-33-15-13-31/h4,7-9,16-18,20,28H,2-3,5-6,10-15H2,1H3,(H,29,30). The molecular formula is C26H33FN4O2. The Kier molecular flexibility index (Phi) is 6.90. The number of benzene rings is 1. The van der Waals surface area contributed by atoms with Crippen LogP contribution in [0.2, 0.25) is 0 Å². The minimum atomic E-state index is -0.272. The van der Waals surface area contributed by atoms with E-state index in [4.69, 9.17) is 9.47 Å². The smallest absolute Gasteiger partial charge is 0.138 e. The zero-order chi connectivity index (χ0) is 22.6. The normalized spacial score (nSPS) is 22.0. The van der Waals surface area contributed by atoms with Gasteiger partial charge in [0.05, 0.1) is 20.3 Å². The van der Waals surface area contributed by atoms with E-state index in [-0.39, 0.29) is 5.82 Å². The number of hydrogen-bond donors (Lipinski definition) is 2. The highest BCUT2D eigenvalue weighted by Gasteiger charge is 2.24. The predicted octanol–water partition coefficient (Wildman–Crippen LogP) is 4.33. The Hall–Kier alpha value is -2.48. The molecular weight excluding hydrogens is 419 g/mol. The number of aromatic amines is 1. The van der Waals surface area contributed by atoms with Crippen molar-refractivity contribution in [1.29, 1.82) is 0 Å². The van der Waals surface area contributed by atoms with Crippen LogP contribution in [-0.4, -0.2) is 67.4 Å². The molecule has 2 fully saturated rings. The van der Waals surface area contributed by atoms with E-state index in [1.165, 1.54) is 30.7 Å². The van der Waals surface area contributed by atoms with Gasteiger partial charge in [-0.3, -0.25) is 4.90 Å². The van der Waals surface area contributed by atoms with Crippen LogP contribution in [0.3, 0.4) is 0 Å². The summed E-state index contributed by atoms with van der Waals surface area (Å²) in [6, 6.07) is 9.38. The van der Waals surface area contributed by atoms with Crippen molar-refractivity contribution in [2.75, 3.05) is 46.5 Å². The first-order chi connectivity index (χ1) is 16.2. The molecule has 2 aromatic heterocycles. The zero-order valence-corrected chi connectivity index (χ0v) is 19.3. The van der Waals surface area contributed by atoms with Crippen molar-refractivity contribution in [2.45, 2.75) is 37.6 Å². The summed E-state index contributed by atoms with van der Waals surface area (Å²) in [5, 5.41) is 4.78. The van der Waals surface area contributed by atoms with Crippen LogP contribution in [0.5, 0.6) is 5.75 Å². The van der Waals surface area contributed by atoms with E-state index in [1.807, 2.05) is 6.07 Å². The molecule has 0 bridgehead atoms. The van der Waals surface area contributed by atoms with Crippen molar-refractivity contribution in [1.82, 2.24) is 20.2 Å². The molecule has 1 aliphatic carbocycles. The first-order valence-electron chi connectivity index (χ1n) is 12.1. The van der Waals surface area contributed by atoms with E-state index < -0.39 is 0 Å². The van der Waals surface area contributed by atoms with Gasteiger partial charge in [0.2, 0.25) is 0 Å². The van der Waals surface area contributed by atoms with E-state index in [0.29, 0.717) is 17.7 Å². The number of fused-ring (bicyclic) bond motifs is 1. The zero-order valence-electron chi connectivity index (χ0n) is 19.3. The molecule has 0 amide bonds. The van der Waals surface area contributed by atoms with Crippen LogP contribution in [0, 0.1) is 5.82 Å². The number of H-pyrrole nitrogens is 1. The first-order valence-corrected chi connectivity index (χ1v) is 12.1. The lowest BCUT2D eigenvalue weighted by Gasteiger charge is -2.31. The van der Waals surface area contributed by atoms with Crippen LogP contribution in [0.1, 0.15) is 37.3 Å². The molecule has 1 saturated carbocycles. The molecule has 0 unspecified atom stereocenters. The molecule has 2 N–H and O–H groups in total. The van der Waals surface area contributed by atoms with Gasteiger partial charge < -0.3 is 19.8 Å². The van der Waals surface area contributed by atoms with Gasteiger partial charge in [0.1, 0.15) is 17.2 Å². The quantitative estimate of drug-likeness (QED) is 0.559. The van der Waals surface area contributed by atoms with Crippen LogP contribution in [0.4, 0.5) is 4.39 Å². The Labute approximate surface area is 194 Å². The van der Waals surface area contributed by atoms with Gasteiger partial charge in [-0.15, -0.1) is 0 Å². The van der Waals surface area contributed by atoms with Crippen molar-refractivity contribution in [3.05, 3.63) is 48.0 Å². The maximum absolute atomic E-state index is 14.0. The number of nitrogens with zero attached hydrogens (tertiary/aromatic N) is 2. The minimum Gasteiger partial charge on any atom is -0.496 e. The van der Waals surface area contributed by atoms with Gasteiger partial charge in [0, 0.05) is 55.1 Å². The molecule has 1 aliphatic heterocycles. The Morgan fingerprint density at radius 3 is 2.73 bits per heavy atom. The topological polar surface area (TPSA) is 62.4 Å². The molecule has 1 saturated heterocycles. The SMILES string of the molecule is COc1ccc(F)cc1-c1ccnc2[nH]c(C3CCC(NCCN4CCOCC4)CC3)cc12. The number of aromatic nitrogens is 2. The lowest BCUT2D eigenvalue weighted by Crippen LogP contribution is -2.43. The van der Waals surface area contributed by atoms with Gasteiger partial charge in [-0.1, -0.05) is 0 Å². The van der Waals surface area contributed by atoms with Crippen LogP contribution >= 0.6 is 0 Å². The highest BCUT2D eigenvalue weighted by Crippen LogP contribution is 2.38. The lowest BCUT2D eigenvalue weighted by atomic mass is 9.84. The van der Waals surface area contributed by atoms with Crippen LogP contribution in [0.25, 0.3) is 22.2 Å².